The Bertz CT molecular complexity index is 507. The predicted octanol–water partition coefficient (Wildman–Crippen LogP) is 2.25. The van der Waals surface area contributed by atoms with Crippen LogP contribution in [0.25, 0.3) is 0 Å². The Morgan fingerprint density at radius 2 is 1.94 bits per heavy atom. The van der Waals surface area contributed by atoms with Crippen LogP contribution in [0.5, 0.6) is 0 Å². The molecule has 1 saturated carbocycles. The summed E-state index contributed by atoms with van der Waals surface area (Å²) >= 11 is 0. The van der Waals surface area contributed by atoms with Crippen LogP contribution < -0.4 is 4.90 Å². The van der Waals surface area contributed by atoms with E-state index in [2.05, 4.69) is 4.98 Å². The average molecular weight is 268 g/mol. The molecular weight excluding hydrogens is 248 g/mol. The monoisotopic (exact) mass is 268 g/mol. The number of sulfone groups is 1. The standard InChI is InChI=1S/C13H20N2O2S/c1-15(11-7-4-3-5-8-11)13-12(18(2,16)17)9-6-10-14-13/h6,9-11H,3-5,7-8H2,1-2H3. The third kappa shape index (κ3) is 2.83. The molecule has 0 radical (unpaired) electrons. The van der Waals surface area contributed by atoms with Gasteiger partial charge in [-0.05, 0) is 25.0 Å². The van der Waals surface area contributed by atoms with Crippen LogP contribution in [0.1, 0.15) is 32.1 Å². The zero-order chi connectivity index (χ0) is 13.2. The van der Waals surface area contributed by atoms with Gasteiger partial charge < -0.3 is 4.90 Å². The SMILES string of the molecule is CN(c1ncccc1S(C)(=O)=O)C1CCCCC1. The lowest BCUT2D eigenvalue weighted by Gasteiger charge is -2.32. The van der Waals surface area contributed by atoms with E-state index in [9.17, 15) is 8.42 Å². The van der Waals surface area contributed by atoms with Gasteiger partial charge in [-0.25, -0.2) is 13.4 Å². The summed E-state index contributed by atoms with van der Waals surface area (Å²) in [5, 5.41) is 0. The number of anilines is 1. The Kier molecular flexibility index (Phi) is 3.90. The smallest absolute Gasteiger partial charge is 0.179 e. The summed E-state index contributed by atoms with van der Waals surface area (Å²) in [6, 6.07) is 3.72. The van der Waals surface area contributed by atoms with E-state index in [-0.39, 0.29) is 0 Å². The molecule has 18 heavy (non-hydrogen) atoms. The lowest BCUT2D eigenvalue weighted by Crippen LogP contribution is -2.34. The van der Waals surface area contributed by atoms with Crippen LogP contribution in [-0.2, 0) is 9.84 Å². The average Bonchev–Trinajstić information content (AvgIpc) is 2.38. The second kappa shape index (κ2) is 5.26. The molecule has 1 aromatic heterocycles. The predicted molar refractivity (Wildman–Crippen MR) is 72.6 cm³/mol. The third-order valence-corrected chi connectivity index (χ3v) is 4.72. The molecule has 1 heterocycles. The van der Waals surface area contributed by atoms with E-state index in [1.54, 1.807) is 18.3 Å². The van der Waals surface area contributed by atoms with Crippen molar-refractivity contribution < 1.29 is 8.42 Å². The van der Waals surface area contributed by atoms with Gasteiger partial charge in [0.2, 0.25) is 0 Å². The Balaban J connectivity index is 2.32. The molecular formula is C13H20N2O2S. The van der Waals surface area contributed by atoms with Crippen molar-refractivity contribution in [1.82, 2.24) is 4.98 Å². The number of rotatable bonds is 3. The van der Waals surface area contributed by atoms with Crippen molar-refractivity contribution in [3.05, 3.63) is 18.3 Å². The summed E-state index contributed by atoms with van der Waals surface area (Å²) in [6.07, 6.45) is 8.86. The van der Waals surface area contributed by atoms with Crippen LogP contribution in [0.2, 0.25) is 0 Å². The van der Waals surface area contributed by atoms with Gasteiger partial charge in [0.25, 0.3) is 0 Å². The Labute approximate surface area is 109 Å². The van der Waals surface area contributed by atoms with Crippen LogP contribution in [0.15, 0.2) is 23.2 Å². The molecule has 4 nitrogen and oxygen atoms in total. The minimum absolute atomic E-state index is 0.332. The minimum Gasteiger partial charge on any atom is -0.356 e. The lowest BCUT2D eigenvalue weighted by molar-refractivity contribution is 0.424. The van der Waals surface area contributed by atoms with E-state index in [4.69, 9.17) is 0 Å². The molecule has 0 aliphatic heterocycles. The molecule has 0 atom stereocenters. The van der Waals surface area contributed by atoms with Crippen molar-refractivity contribution in [2.24, 2.45) is 0 Å². The molecule has 5 heteroatoms. The first kappa shape index (κ1) is 13.3. The largest absolute Gasteiger partial charge is 0.356 e. The molecule has 0 aromatic carbocycles. The first-order chi connectivity index (χ1) is 8.50. The van der Waals surface area contributed by atoms with Crippen LogP contribution in [-0.4, -0.2) is 32.7 Å². The van der Waals surface area contributed by atoms with E-state index in [1.807, 2.05) is 11.9 Å². The fourth-order valence-corrected chi connectivity index (χ4v) is 3.43. The molecule has 1 fully saturated rings. The van der Waals surface area contributed by atoms with Crippen molar-refractivity contribution in [3.8, 4) is 0 Å². The number of nitrogens with zero attached hydrogens (tertiary/aromatic N) is 2. The van der Waals surface area contributed by atoms with Crippen LogP contribution in [0.3, 0.4) is 0 Å². The van der Waals surface area contributed by atoms with Gasteiger partial charge in [-0.2, -0.15) is 0 Å². The van der Waals surface area contributed by atoms with E-state index in [1.165, 1.54) is 25.5 Å². The maximum Gasteiger partial charge on any atom is 0.179 e. The Hall–Kier alpha value is -1.10. The van der Waals surface area contributed by atoms with Gasteiger partial charge in [0.05, 0.1) is 0 Å². The second-order valence-electron chi connectivity index (χ2n) is 5.00. The number of hydrogen-bond acceptors (Lipinski definition) is 4. The maximum absolute atomic E-state index is 11.8. The fourth-order valence-electron chi connectivity index (χ4n) is 2.58. The Morgan fingerprint density at radius 1 is 1.28 bits per heavy atom. The molecule has 1 aliphatic rings. The highest BCUT2D eigenvalue weighted by atomic mass is 32.2. The van der Waals surface area contributed by atoms with Gasteiger partial charge in [-0.15, -0.1) is 0 Å². The van der Waals surface area contributed by atoms with Crippen molar-refractivity contribution in [2.45, 2.75) is 43.0 Å². The summed E-state index contributed by atoms with van der Waals surface area (Å²) in [6.45, 7) is 0. The van der Waals surface area contributed by atoms with E-state index in [0.717, 1.165) is 12.8 Å². The van der Waals surface area contributed by atoms with Crippen LogP contribution >= 0.6 is 0 Å². The highest BCUT2D eigenvalue weighted by molar-refractivity contribution is 7.90. The second-order valence-corrected chi connectivity index (χ2v) is 6.98. The zero-order valence-electron chi connectivity index (χ0n) is 11.0. The van der Waals surface area contributed by atoms with Gasteiger partial charge in [-0.1, -0.05) is 19.3 Å². The van der Waals surface area contributed by atoms with Gasteiger partial charge in [-0.3, -0.25) is 0 Å². The van der Waals surface area contributed by atoms with E-state index < -0.39 is 9.84 Å². The maximum atomic E-state index is 11.8. The Morgan fingerprint density at radius 3 is 2.56 bits per heavy atom. The molecule has 0 spiro atoms. The zero-order valence-corrected chi connectivity index (χ0v) is 11.8. The van der Waals surface area contributed by atoms with Gasteiger partial charge in [0.15, 0.2) is 9.84 Å². The lowest BCUT2D eigenvalue weighted by atomic mass is 9.94. The molecule has 1 aromatic rings. The number of aromatic nitrogens is 1. The minimum atomic E-state index is -3.22. The van der Waals surface area contributed by atoms with Crippen LogP contribution in [0.4, 0.5) is 5.82 Å². The third-order valence-electron chi connectivity index (χ3n) is 3.61. The van der Waals surface area contributed by atoms with Crippen molar-refractivity contribution >= 4 is 15.7 Å². The molecule has 0 amide bonds. The summed E-state index contributed by atoms with van der Waals surface area (Å²) in [7, 11) is -1.27. The van der Waals surface area contributed by atoms with Gasteiger partial charge in [0, 0.05) is 25.5 Å². The normalized spacial score (nSPS) is 17.7. The fraction of sp³-hybridized carbons (Fsp3) is 0.615. The summed E-state index contributed by atoms with van der Waals surface area (Å²) < 4.78 is 23.5. The first-order valence-corrected chi connectivity index (χ1v) is 8.27. The van der Waals surface area contributed by atoms with Crippen molar-refractivity contribution in [2.75, 3.05) is 18.2 Å². The highest BCUT2D eigenvalue weighted by Gasteiger charge is 2.23. The number of pyridine rings is 1. The van der Waals surface area contributed by atoms with E-state index >= 15 is 0 Å². The molecule has 0 unspecified atom stereocenters. The molecule has 1 aliphatic carbocycles. The molecule has 0 N–H and O–H groups in total. The summed E-state index contributed by atoms with van der Waals surface area (Å²) in [5.41, 5.74) is 0. The summed E-state index contributed by atoms with van der Waals surface area (Å²) in [5.74, 6) is 0.590. The van der Waals surface area contributed by atoms with Gasteiger partial charge >= 0.3 is 0 Å². The first-order valence-electron chi connectivity index (χ1n) is 6.38. The van der Waals surface area contributed by atoms with Crippen molar-refractivity contribution in [3.63, 3.8) is 0 Å². The molecule has 0 bridgehead atoms. The highest BCUT2D eigenvalue weighted by Crippen LogP contribution is 2.28. The topological polar surface area (TPSA) is 50.3 Å². The van der Waals surface area contributed by atoms with Gasteiger partial charge in [0.1, 0.15) is 10.7 Å². The summed E-state index contributed by atoms with van der Waals surface area (Å²) in [4.78, 5) is 6.64. The molecule has 2 rings (SSSR count). The molecule has 100 valence electrons. The van der Waals surface area contributed by atoms with Crippen LogP contribution in [0, 0.1) is 0 Å². The molecule has 0 saturated heterocycles. The number of hydrogen-bond donors (Lipinski definition) is 0. The van der Waals surface area contributed by atoms with E-state index in [0.29, 0.717) is 16.8 Å². The quantitative estimate of drug-likeness (QED) is 0.843. The van der Waals surface area contributed by atoms with Crippen molar-refractivity contribution in [1.29, 1.82) is 0 Å².